The van der Waals surface area contributed by atoms with Crippen molar-refractivity contribution in [3.05, 3.63) is 65.5 Å². The highest BCUT2D eigenvalue weighted by atomic mass is 19.1. The number of nitrogens with two attached hydrogens (primary N) is 1. The molecule has 2 aromatic carbocycles. The summed E-state index contributed by atoms with van der Waals surface area (Å²) in [6.45, 7) is 4.59. The van der Waals surface area contributed by atoms with Gasteiger partial charge in [0, 0.05) is 12.1 Å². The van der Waals surface area contributed by atoms with E-state index in [0.29, 0.717) is 17.2 Å². The van der Waals surface area contributed by atoms with Crippen molar-refractivity contribution in [2.45, 2.75) is 32.3 Å². The third-order valence-corrected chi connectivity index (χ3v) is 3.81. The van der Waals surface area contributed by atoms with Gasteiger partial charge in [-0.2, -0.15) is 0 Å². The number of hydrogen-bond donors (Lipinski definition) is 1. The molecule has 0 aliphatic rings. The average Bonchev–Trinajstić information content (AvgIpc) is 2.53. The zero-order chi connectivity index (χ0) is 15.2. The summed E-state index contributed by atoms with van der Waals surface area (Å²) in [5.74, 6) is 0.945. The number of ether oxygens (including phenoxy) is 1. The highest BCUT2D eigenvalue weighted by Crippen LogP contribution is 2.26. The first-order chi connectivity index (χ1) is 10.2. The Hall–Kier alpha value is -1.87. The van der Waals surface area contributed by atoms with Crippen LogP contribution < -0.4 is 10.5 Å². The molecule has 2 aromatic rings. The minimum absolute atomic E-state index is 0.230. The first-order valence-electron chi connectivity index (χ1n) is 7.36. The van der Waals surface area contributed by atoms with Crippen LogP contribution in [0.4, 0.5) is 4.39 Å². The van der Waals surface area contributed by atoms with Crippen molar-refractivity contribution in [3.63, 3.8) is 0 Å². The molecule has 112 valence electrons. The molecule has 3 heteroatoms. The molecule has 2 unspecified atom stereocenters. The molecule has 0 saturated heterocycles. The molecular formula is C18H22FNO. The van der Waals surface area contributed by atoms with E-state index in [2.05, 4.69) is 26.0 Å². The third-order valence-electron chi connectivity index (χ3n) is 3.81. The van der Waals surface area contributed by atoms with E-state index in [-0.39, 0.29) is 12.4 Å². The zero-order valence-electron chi connectivity index (χ0n) is 12.6. The molecule has 0 heterocycles. The summed E-state index contributed by atoms with van der Waals surface area (Å²) < 4.78 is 19.6. The molecule has 0 aliphatic heterocycles. The largest absolute Gasteiger partial charge is 0.484 e. The molecule has 0 radical (unpaired) electrons. The van der Waals surface area contributed by atoms with E-state index in [4.69, 9.17) is 10.5 Å². The average molecular weight is 287 g/mol. The number of halogens is 1. The Morgan fingerprint density at radius 2 is 1.76 bits per heavy atom. The van der Waals surface area contributed by atoms with Crippen molar-refractivity contribution in [1.29, 1.82) is 0 Å². The Balaban J connectivity index is 2.14. The fourth-order valence-electron chi connectivity index (χ4n) is 2.25. The van der Waals surface area contributed by atoms with Gasteiger partial charge in [0.1, 0.15) is 17.7 Å². The highest BCUT2D eigenvalue weighted by Gasteiger charge is 2.15. The Morgan fingerprint density at radius 3 is 2.33 bits per heavy atom. The normalized spacial score (nSPS) is 13.7. The van der Waals surface area contributed by atoms with Gasteiger partial charge in [0.25, 0.3) is 0 Å². The molecule has 0 aliphatic carbocycles. The second-order valence-electron chi connectivity index (χ2n) is 5.24. The van der Waals surface area contributed by atoms with Crippen LogP contribution in [0.15, 0.2) is 48.5 Å². The first-order valence-corrected chi connectivity index (χ1v) is 7.36. The molecule has 0 saturated carbocycles. The van der Waals surface area contributed by atoms with Crippen LogP contribution in [0.5, 0.6) is 5.75 Å². The molecule has 0 spiro atoms. The minimum atomic E-state index is -0.472. The summed E-state index contributed by atoms with van der Waals surface area (Å²) in [6.07, 6.45) is 0.626. The van der Waals surface area contributed by atoms with Crippen molar-refractivity contribution in [2.24, 2.45) is 5.73 Å². The topological polar surface area (TPSA) is 35.2 Å². The fourth-order valence-corrected chi connectivity index (χ4v) is 2.25. The van der Waals surface area contributed by atoms with Gasteiger partial charge in [0.2, 0.25) is 0 Å². The highest BCUT2D eigenvalue weighted by molar-refractivity contribution is 5.30. The lowest BCUT2D eigenvalue weighted by Gasteiger charge is -2.19. The fraction of sp³-hybridized carbons (Fsp3) is 0.333. The Bertz CT molecular complexity index is 568. The van der Waals surface area contributed by atoms with Crippen LogP contribution in [-0.4, -0.2) is 6.54 Å². The van der Waals surface area contributed by atoms with Gasteiger partial charge in [-0.25, -0.2) is 4.39 Å². The van der Waals surface area contributed by atoms with E-state index in [1.165, 1.54) is 11.6 Å². The lowest BCUT2D eigenvalue weighted by Crippen LogP contribution is -2.19. The smallest absolute Gasteiger partial charge is 0.139 e. The summed E-state index contributed by atoms with van der Waals surface area (Å²) in [6, 6.07) is 14.5. The first kappa shape index (κ1) is 15.5. The van der Waals surface area contributed by atoms with Gasteiger partial charge >= 0.3 is 0 Å². The maximum absolute atomic E-state index is 13.8. The van der Waals surface area contributed by atoms with Crippen LogP contribution >= 0.6 is 0 Å². The summed E-state index contributed by atoms with van der Waals surface area (Å²) in [5.41, 5.74) is 7.50. The SMILES string of the molecule is CCC(C)c1ccc(OC(CN)c2ccccc2F)cc1. The standard InChI is InChI=1S/C18H22FNO/c1-3-13(2)14-8-10-15(11-9-14)21-18(12-20)16-6-4-5-7-17(16)19/h4-11,13,18H,3,12,20H2,1-2H3. The van der Waals surface area contributed by atoms with Gasteiger partial charge in [0.05, 0.1) is 0 Å². The van der Waals surface area contributed by atoms with Crippen LogP contribution in [0.1, 0.15) is 43.4 Å². The van der Waals surface area contributed by atoms with Crippen LogP contribution in [0.2, 0.25) is 0 Å². The van der Waals surface area contributed by atoms with Gasteiger partial charge in [0.15, 0.2) is 0 Å². The van der Waals surface area contributed by atoms with Gasteiger partial charge in [-0.15, -0.1) is 0 Å². The van der Waals surface area contributed by atoms with E-state index in [0.717, 1.165) is 6.42 Å². The number of rotatable bonds is 6. The summed E-state index contributed by atoms with van der Waals surface area (Å²) in [5, 5.41) is 0. The van der Waals surface area contributed by atoms with Gasteiger partial charge in [-0.1, -0.05) is 44.2 Å². The molecule has 2 rings (SSSR count). The van der Waals surface area contributed by atoms with Crippen molar-refractivity contribution in [3.8, 4) is 5.75 Å². The van der Waals surface area contributed by atoms with E-state index < -0.39 is 6.10 Å². The molecule has 0 aromatic heterocycles. The molecule has 0 bridgehead atoms. The van der Waals surface area contributed by atoms with Gasteiger partial charge < -0.3 is 10.5 Å². The lowest BCUT2D eigenvalue weighted by atomic mass is 9.99. The Kier molecular flexibility index (Phi) is 5.34. The van der Waals surface area contributed by atoms with Crippen molar-refractivity contribution < 1.29 is 9.13 Å². The Labute approximate surface area is 125 Å². The second kappa shape index (κ2) is 7.23. The van der Waals surface area contributed by atoms with E-state index in [1.807, 2.05) is 12.1 Å². The molecular weight excluding hydrogens is 265 g/mol. The molecule has 2 N–H and O–H groups in total. The molecule has 2 atom stereocenters. The summed E-state index contributed by atoms with van der Waals surface area (Å²) in [4.78, 5) is 0. The molecule has 2 nitrogen and oxygen atoms in total. The monoisotopic (exact) mass is 287 g/mol. The lowest BCUT2D eigenvalue weighted by molar-refractivity contribution is 0.209. The predicted molar refractivity (Wildman–Crippen MR) is 84.0 cm³/mol. The maximum Gasteiger partial charge on any atom is 0.139 e. The van der Waals surface area contributed by atoms with Crippen LogP contribution in [0, 0.1) is 5.82 Å². The van der Waals surface area contributed by atoms with Crippen LogP contribution in [0.3, 0.4) is 0 Å². The molecule has 0 fully saturated rings. The van der Waals surface area contributed by atoms with Gasteiger partial charge in [-0.05, 0) is 36.1 Å². The van der Waals surface area contributed by atoms with Crippen molar-refractivity contribution in [2.75, 3.05) is 6.54 Å². The van der Waals surface area contributed by atoms with Crippen LogP contribution in [0.25, 0.3) is 0 Å². The van der Waals surface area contributed by atoms with E-state index in [1.54, 1.807) is 18.2 Å². The Morgan fingerprint density at radius 1 is 1.10 bits per heavy atom. The molecule has 0 amide bonds. The number of benzene rings is 2. The van der Waals surface area contributed by atoms with Crippen LogP contribution in [-0.2, 0) is 0 Å². The second-order valence-corrected chi connectivity index (χ2v) is 5.24. The van der Waals surface area contributed by atoms with E-state index >= 15 is 0 Å². The van der Waals surface area contributed by atoms with Gasteiger partial charge in [-0.3, -0.25) is 0 Å². The number of hydrogen-bond acceptors (Lipinski definition) is 2. The predicted octanol–water partition coefficient (Wildman–Crippen LogP) is 4.42. The quantitative estimate of drug-likeness (QED) is 0.853. The third kappa shape index (κ3) is 3.82. The minimum Gasteiger partial charge on any atom is -0.484 e. The molecule has 21 heavy (non-hydrogen) atoms. The summed E-state index contributed by atoms with van der Waals surface area (Å²) in [7, 11) is 0. The zero-order valence-corrected chi connectivity index (χ0v) is 12.6. The summed E-state index contributed by atoms with van der Waals surface area (Å²) >= 11 is 0. The van der Waals surface area contributed by atoms with Crippen molar-refractivity contribution >= 4 is 0 Å². The maximum atomic E-state index is 13.8. The van der Waals surface area contributed by atoms with E-state index in [9.17, 15) is 4.39 Å². The van der Waals surface area contributed by atoms with Crippen molar-refractivity contribution in [1.82, 2.24) is 0 Å².